The zero-order valence-electron chi connectivity index (χ0n) is 9.67. The van der Waals surface area contributed by atoms with Crippen molar-refractivity contribution in [3.8, 4) is 0 Å². The van der Waals surface area contributed by atoms with Crippen molar-refractivity contribution in [3.05, 3.63) is 28.2 Å². The molecule has 6 heteroatoms. The number of carbonyl (C=O) groups is 1. The summed E-state index contributed by atoms with van der Waals surface area (Å²) in [5.74, 6) is 0. The van der Waals surface area contributed by atoms with E-state index in [1.165, 1.54) is 0 Å². The molecule has 4 nitrogen and oxygen atoms in total. The third kappa shape index (κ3) is 3.28. The van der Waals surface area contributed by atoms with Gasteiger partial charge in [-0.2, -0.15) is 0 Å². The minimum atomic E-state index is -0.727. The highest BCUT2D eigenvalue weighted by atomic mass is 35.5. The van der Waals surface area contributed by atoms with E-state index in [0.717, 1.165) is 19.3 Å². The highest BCUT2D eigenvalue weighted by molar-refractivity contribution is 6.42. The maximum Gasteiger partial charge on any atom is 0.319 e. The van der Waals surface area contributed by atoms with Crippen LogP contribution in [0, 0.1) is 0 Å². The summed E-state index contributed by atoms with van der Waals surface area (Å²) in [4.78, 5) is 11.6. The molecule has 98 valence electrons. The summed E-state index contributed by atoms with van der Waals surface area (Å²) in [6.45, 7) is 0.264. The third-order valence-electron chi connectivity index (χ3n) is 3.04. The average molecular weight is 289 g/mol. The molecule has 1 saturated carbocycles. The van der Waals surface area contributed by atoms with Crippen LogP contribution in [0.15, 0.2) is 18.2 Å². The van der Waals surface area contributed by atoms with Crippen LogP contribution >= 0.6 is 23.2 Å². The monoisotopic (exact) mass is 288 g/mol. The summed E-state index contributed by atoms with van der Waals surface area (Å²) in [6.07, 6.45) is 2.48. The molecule has 0 bridgehead atoms. The van der Waals surface area contributed by atoms with Gasteiger partial charge in [0.1, 0.15) is 0 Å². The van der Waals surface area contributed by atoms with Gasteiger partial charge in [-0.25, -0.2) is 4.79 Å². The number of amides is 2. The fraction of sp³-hybridized carbons (Fsp3) is 0.417. The largest absolute Gasteiger partial charge is 0.388 e. The number of anilines is 1. The molecule has 18 heavy (non-hydrogen) atoms. The van der Waals surface area contributed by atoms with Crippen molar-refractivity contribution < 1.29 is 9.90 Å². The van der Waals surface area contributed by atoms with Crippen LogP contribution in [0.2, 0.25) is 10.0 Å². The Labute approximate surface area is 115 Å². The topological polar surface area (TPSA) is 61.4 Å². The van der Waals surface area contributed by atoms with E-state index in [2.05, 4.69) is 10.6 Å². The van der Waals surface area contributed by atoms with Gasteiger partial charge in [-0.3, -0.25) is 0 Å². The molecular weight excluding hydrogens is 275 g/mol. The Bertz CT molecular complexity index is 461. The fourth-order valence-corrected chi connectivity index (χ4v) is 2.05. The fourth-order valence-electron chi connectivity index (χ4n) is 1.76. The predicted octanol–water partition coefficient (Wildman–Crippen LogP) is 3.03. The van der Waals surface area contributed by atoms with Gasteiger partial charge < -0.3 is 15.7 Å². The second-order valence-electron chi connectivity index (χ2n) is 4.51. The summed E-state index contributed by atoms with van der Waals surface area (Å²) in [5, 5.41) is 15.9. The van der Waals surface area contributed by atoms with Gasteiger partial charge in [0.05, 0.1) is 15.6 Å². The Balaban J connectivity index is 1.85. The van der Waals surface area contributed by atoms with E-state index in [-0.39, 0.29) is 12.6 Å². The standard InChI is InChI=1S/C12H14Cl2N2O2/c13-9-3-2-8(6-10(9)14)16-11(17)15-7-12(18)4-1-5-12/h2-3,6,18H,1,4-5,7H2,(H2,15,16,17). The predicted molar refractivity (Wildman–Crippen MR) is 72.3 cm³/mol. The second-order valence-corrected chi connectivity index (χ2v) is 5.33. The van der Waals surface area contributed by atoms with E-state index in [1.807, 2.05) is 0 Å². The van der Waals surface area contributed by atoms with Crippen molar-refractivity contribution in [1.29, 1.82) is 0 Å². The van der Waals surface area contributed by atoms with E-state index in [0.29, 0.717) is 15.7 Å². The Morgan fingerprint density at radius 3 is 2.61 bits per heavy atom. The van der Waals surface area contributed by atoms with Crippen LogP contribution < -0.4 is 10.6 Å². The summed E-state index contributed by atoms with van der Waals surface area (Å²) in [6, 6.07) is 4.47. The molecule has 0 heterocycles. The number of hydrogen-bond acceptors (Lipinski definition) is 2. The number of aliphatic hydroxyl groups is 1. The molecule has 1 aromatic rings. The number of rotatable bonds is 3. The van der Waals surface area contributed by atoms with Crippen molar-refractivity contribution in [2.24, 2.45) is 0 Å². The average Bonchev–Trinajstić information content (AvgIpc) is 2.29. The van der Waals surface area contributed by atoms with Gasteiger partial charge in [-0.05, 0) is 37.5 Å². The van der Waals surface area contributed by atoms with E-state index in [1.54, 1.807) is 18.2 Å². The lowest BCUT2D eigenvalue weighted by Crippen LogP contribution is -2.48. The maximum atomic E-state index is 11.6. The molecule has 1 fully saturated rings. The molecule has 0 spiro atoms. The number of halogens is 2. The van der Waals surface area contributed by atoms with Gasteiger partial charge in [0.25, 0.3) is 0 Å². The minimum Gasteiger partial charge on any atom is -0.388 e. The smallest absolute Gasteiger partial charge is 0.319 e. The zero-order chi connectivity index (χ0) is 13.2. The first kappa shape index (κ1) is 13.5. The summed E-state index contributed by atoms with van der Waals surface area (Å²) >= 11 is 11.6. The SMILES string of the molecule is O=C(NCC1(O)CCC1)Nc1ccc(Cl)c(Cl)c1. The second kappa shape index (κ2) is 5.34. The number of urea groups is 1. The van der Waals surface area contributed by atoms with Gasteiger partial charge in [-0.15, -0.1) is 0 Å². The first-order valence-corrected chi connectivity index (χ1v) is 6.46. The highest BCUT2D eigenvalue weighted by Gasteiger charge is 2.34. The van der Waals surface area contributed by atoms with Crippen molar-refractivity contribution in [3.63, 3.8) is 0 Å². The first-order valence-electron chi connectivity index (χ1n) is 5.71. The van der Waals surface area contributed by atoms with E-state index >= 15 is 0 Å². The van der Waals surface area contributed by atoms with E-state index < -0.39 is 5.60 Å². The lowest BCUT2D eigenvalue weighted by atomic mass is 9.80. The molecule has 2 amide bonds. The lowest BCUT2D eigenvalue weighted by molar-refractivity contribution is -0.0287. The summed E-state index contributed by atoms with van der Waals surface area (Å²) in [7, 11) is 0. The van der Waals surface area contributed by atoms with E-state index in [4.69, 9.17) is 23.2 Å². The molecule has 0 aromatic heterocycles. The Morgan fingerprint density at radius 1 is 1.33 bits per heavy atom. The van der Waals surface area contributed by atoms with Crippen LogP contribution in [0.1, 0.15) is 19.3 Å². The van der Waals surface area contributed by atoms with Crippen molar-refractivity contribution in [2.45, 2.75) is 24.9 Å². The summed E-state index contributed by atoms with van der Waals surface area (Å²) in [5.41, 5.74) is -0.169. The van der Waals surface area contributed by atoms with Crippen LogP contribution in [0.25, 0.3) is 0 Å². The third-order valence-corrected chi connectivity index (χ3v) is 3.78. The normalized spacial score (nSPS) is 16.8. The number of carbonyl (C=O) groups excluding carboxylic acids is 1. The Hall–Kier alpha value is -0.970. The Morgan fingerprint density at radius 2 is 2.06 bits per heavy atom. The first-order chi connectivity index (χ1) is 8.48. The van der Waals surface area contributed by atoms with Gasteiger partial charge in [0, 0.05) is 12.2 Å². The molecular formula is C12H14Cl2N2O2. The number of nitrogens with one attached hydrogen (secondary N) is 2. The highest BCUT2D eigenvalue weighted by Crippen LogP contribution is 2.30. The summed E-state index contributed by atoms with van der Waals surface area (Å²) < 4.78 is 0. The molecule has 0 aliphatic heterocycles. The zero-order valence-corrected chi connectivity index (χ0v) is 11.2. The van der Waals surface area contributed by atoms with Crippen molar-refractivity contribution in [1.82, 2.24) is 5.32 Å². The maximum absolute atomic E-state index is 11.6. The minimum absolute atomic E-state index is 0.264. The van der Waals surface area contributed by atoms with Gasteiger partial charge >= 0.3 is 6.03 Å². The van der Waals surface area contributed by atoms with Crippen molar-refractivity contribution >= 4 is 34.9 Å². The van der Waals surface area contributed by atoms with Crippen LogP contribution in [-0.2, 0) is 0 Å². The van der Waals surface area contributed by atoms with E-state index in [9.17, 15) is 9.90 Å². The van der Waals surface area contributed by atoms with Gasteiger partial charge in [0.15, 0.2) is 0 Å². The Kier molecular flexibility index (Phi) is 4.00. The van der Waals surface area contributed by atoms with Crippen molar-refractivity contribution in [2.75, 3.05) is 11.9 Å². The molecule has 0 saturated heterocycles. The molecule has 3 N–H and O–H groups in total. The molecule has 0 unspecified atom stereocenters. The number of hydrogen-bond donors (Lipinski definition) is 3. The quantitative estimate of drug-likeness (QED) is 0.801. The molecule has 0 radical (unpaired) electrons. The van der Waals surface area contributed by atoms with Crippen LogP contribution in [-0.4, -0.2) is 23.3 Å². The molecule has 2 rings (SSSR count). The van der Waals surface area contributed by atoms with Gasteiger partial charge in [-0.1, -0.05) is 23.2 Å². The molecule has 1 aromatic carbocycles. The van der Waals surface area contributed by atoms with Crippen LogP contribution in [0.3, 0.4) is 0 Å². The van der Waals surface area contributed by atoms with Crippen LogP contribution in [0.5, 0.6) is 0 Å². The number of benzene rings is 1. The molecule has 0 atom stereocenters. The molecule has 1 aliphatic carbocycles. The lowest BCUT2D eigenvalue weighted by Gasteiger charge is -2.36. The van der Waals surface area contributed by atoms with Crippen LogP contribution in [0.4, 0.5) is 10.5 Å². The van der Waals surface area contributed by atoms with Gasteiger partial charge in [0.2, 0.25) is 0 Å². The molecule has 1 aliphatic rings.